The van der Waals surface area contributed by atoms with Gasteiger partial charge in [-0.2, -0.15) is 0 Å². The normalized spacial score (nSPS) is 12.6. The molecule has 1 rings (SSSR count). The van der Waals surface area contributed by atoms with E-state index < -0.39 is 17.5 Å². The fourth-order valence-electron chi connectivity index (χ4n) is 1.68. The molecule has 1 unspecified atom stereocenters. The number of carboxylic acid groups (broad SMARTS) is 1. The Morgan fingerprint density at radius 3 is 2.38 bits per heavy atom. The van der Waals surface area contributed by atoms with E-state index in [1.807, 2.05) is 0 Å². The summed E-state index contributed by atoms with van der Waals surface area (Å²) in [7, 11) is 0. The van der Waals surface area contributed by atoms with Crippen molar-refractivity contribution in [1.29, 1.82) is 0 Å². The van der Waals surface area contributed by atoms with Crippen LogP contribution in [0.5, 0.6) is 5.75 Å². The Morgan fingerprint density at radius 2 is 1.90 bits per heavy atom. The first-order chi connectivity index (χ1) is 9.76. The van der Waals surface area contributed by atoms with Gasteiger partial charge in [-0.05, 0) is 44.5 Å². The SMILES string of the molecule is CCC(CNC(=O)C(C)(C)Oc1ccc(Cl)cc1)C(=O)O. The third kappa shape index (κ3) is 5.27. The predicted octanol–water partition coefficient (Wildman–Crippen LogP) is 2.72. The molecule has 0 saturated heterocycles. The standard InChI is InChI=1S/C15H20ClNO4/c1-4-10(13(18)19)9-17-14(20)15(2,3)21-12-7-5-11(16)6-8-12/h5-8,10H,4,9H2,1-3H3,(H,17,20)(H,18,19). The van der Waals surface area contributed by atoms with Crippen molar-refractivity contribution in [1.82, 2.24) is 5.32 Å². The Morgan fingerprint density at radius 1 is 1.33 bits per heavy atom. The molecular formula is C15H20ClNO4. The van der Waals surface area contributed by atoms with Gasteiger partial charge in [-0.15, -0.1) is 0 Å². The summed E-state index contributed by atoms with van der Waals surface area (Å²) in [5.41, 5.74) is -1.11. The lowest BCUT2D eigenvalue weighted by Crippen LogP contribution is -2.48. The zero-order valence-electron chi connectivity index (χ0n) is 12.4. The van der Waals surface area contributed by atoms with Crippen molar-refractivity contribution in [2.75, 3.05) is 6.54 Å². The van der Waals surface area contributed by atoms with E-state index in [2.05, 4.69) is 5.32 Å². The Labute approximate surface area is 129 Å². The summed E-state index contributed by atoms with van der Waals surface area (Å²) < 4.78 is 5.63. The van der Waals surface area contributed by atoms with Crippen molar-refractivity contribution in [3.8, 4) is 5.75 Å². The van der Waals surface area contributed by atoms with E-state index in [0.717, 1.165) is 0 Å². The van der Waals surface area contributed by atoms with Gasteiger partial charge in [0.1, 0.15) is 5.75 Å². The van der Waals surface area contributed by atoms with Crippen molar-refractivity contribution < 1.29 is 19.4 Å². The topological polar surface area (TPSA) is 75.6 Å². The number of carbonyl (C=O) groups excluding carboxylic acids is 1. The van der Waals surface area contributed by atoms with Crippen LogP contribution in [-0.4, -0.2) is 29.1 Å². The highest BCUT2D eigenvalue weighted by molar-refractivity contribution is 6.30. The summed E-state index contributed by atoms with van der Waals surface area (Å²) in [6.07, 6.45) is 0.452. The van der Waals surface area contributed by atoms with Crippen LogP contribution in [-0.2, 0) is 9.59 Å². The lowest BCUT2D eigenvalue weighted by atomic mass is 10.1. The third-order valence-corrected chi connectivity index (χ3v) is 3.34. The summed E-state index contributed by atoms with van der Waals surface area (Å²) in [6, 6.07) is 6.68. The lowest BCUT2D eigenvalue weighted by molar-refractivity contribution is -0.142. The zero-order chi connectivity index (χ0) is 16.0. The largest absolute Gasteiger partial charge is 0.481 e. The summed E-state index contributed by atoms with van der Waals surface area (Å²) in [5, 5.41) is 12.2. The second-order valence-corrected chi connectivity index (χ2v) is 5.66. The molecular weight excluding hydrogens is 294 g/mol. The molecule has 5 nitrogen and oxygen atoms in total. The minimum absolute atomic E-state index is 0.0814. The molecule has 0 spiro atoms. The minimum atomic E-state index is -1.11. The van der Waals surface area contributed by atoms with Gasteiger partial charge in [-0.3, -0.25) is 9.59 Å². The first-order valence-electron chi connectivity index (χ1n) is 6.72. The first-order valence-corrected chi connectivity index (χ1v) is 7.09. The Hall–Kier alpha value is -1.75. The Bertz CT molecular complexity index is 499. The van der Waals surface area contributed by atoms with Gasteiger partial charge in [0.15, 0.2) is 5.60 Å². The molecule has 116 valence electrons. The number of rotatable bonds is 7. The van der Waals surface area contributed by atoms with Crippen LogP contribution in [0.3, 0.4) is 0 Å². The Kier molecular flexibility index (Phi) is 6.03. The number of carboxylic acids is 1. The van der Waals surface area contributed by atoms with Crippen LogP contribution in [0.2, 0.25) is 5.02 Å². The summed E-state index contributed by atoms with van der Waals surface area (Å²) >= 11 is 5.79. The molecule has 2 N–H and O–H groups in total. The van der Waals surface area contributed by atoms with Gasteiger partial charge in [-0.1, -0.05) is 18.5 Å². The summed E-state index contributed by atoms with van der Waals surface area (Å²) in [5.74, 6) is -1.36. The highest BCUT2D eigenvalue weighted by atomic mass is 35.5. The van der Waals surface area contributed by atoms with Gasteiger partial charge in [0.05, 0.1) is 5.92 Å². The number of hydrogen-bond acceptors (Lipinski definition) is 3. The van der Waals surface area contributed by atoms with Crippen LogP contribution < -0.4 is 10.1 Å². The van der Waals surface area contributed by atoms with E-state index in [1.165, 1.54) is 0 Å². The van der Waals surface area contributed by atoms with Crippen LogP contribution >= 0.6 is 11.6 Å². The van der Waals surface area contributed by atoms with Gasteiger partial charge in [0.25, 0.3) is 5.91 Å². The lowest BCUT2D eigenvalue weighted by Gasteiger charge is -2.26. The van der Waals surface area contributed by atoms with Gasteiger partial charge >= 0.3 is 5.97 Å². The molecule has 1 aromatic rings. The maximum atomic E-state index is 12.1. The molecule has 0 heterocycles. The average molecular weight is 314 g/mol. The van der Waals surface area contributed by atoms with Gasteiger partial charge < -0.3 is 15.2 Å². The van der Waals surface area contributed by atoms with E-state index in [1.54, 1.807) is 45.0 Å². The van der Waals surface area contributed by atoms with E-state index in [4.69, 9.17) is 21.4 Å². The van der Waals surface area contributed by atoms with E-state index >= 15 is 0 Å². The van der Waals surface area contributed by atoms with Crippen molar-refractivity contribution in [3.63, 3.8) is 0 Å². The van der Waals surface area contributed by atoms with Crippen LogP contribution in [0.15, 0.2) is 24.3 Å². The molecule has 0 aliphatic carbocycles. The predicted molar refractivity (Wildman–Crippen MR) is 80.6 cm³/mol. The molecule has 0 saturated carbocycles. The maximum absolute atomic E-state index is 12.1. The van der Waals surface area contributed by atoms with Gasteiger partial charge in [-0.25, -0.2) is 0 Å². The van der Waals surface area contributed by atoms with Crippen LogP contribution in [0.4, 0.5) is 0 Å². The number of carbonyl (C=O) groups is 2. The molecule has 0 bridgehead atoms. The number of ether oxygens (including phenoxy) is 1. The van der Waals surface area contributed by atoms with Gasteiger partial charge in [0, 0.05) is 11.6 Å². The molecule has 1 amide bonds. The van der Waals surface area contributed by atoms with Crippen LogP contribution in [0, 0.1) is 5.92 Å². The number of halogens is 1. The van der Waals surface area contributed by atoms with Crippen LogP contribution in [0.25, 0.3) is 0 Å². The number of benzene rings is 1. The average Bonchev–Trinajstić information content (AvgIpc) is 2.41. The van der Waals surface area contributed by atoms with Crippen molar-refractivity contribution >= 4 is 23.5 Å². The number of aliphatic carboxylic acids is 1. The third-order valence-electron chi connectivity index (χ3n) is 3.08. The Balaban J connectivity index is 2.62. The molecule has 0 aliphatic rings. The first kappa shape index (κ1) is 17.3. The molecule has 1 atom stereocenters. The number of hydrogen-bond donors (Lipinski definition) is 2. The monoisotopic (exact) mass is 313 g/mol. The fourth-order valence-corrected chi connectivity index (χ4v) is 1.80. The van der Waals surface area contributed by atoms with E-state index in [0.29, 0.717) is 17.2 Å². The second kappa shape index (κ2) is 7.31. The highest BCUT2D eigenvalue weighted by Crippen LogP contribution is 2.21. The second-order valence-electron chi connectivity index (χ2n) is 5.22. The maximum Gasteiger partial charge on any atom is 0.308 e. The summed E-state index contributed by atoms with van der Waals surface area (Å²) in [4.78, 5) is 23.0. The smallest absolute Gasteiger partial charge is 0.308 e. The van der Waals surface area contributed by atoms with Crippen LogP contribution in [0.1, 0.15) is 27.2 Å². The van der Waals surface area contributed by atoms with Gasteiger partial charge in [0.2, 0.25) is 0 Å². The molecule has 1 aromatic carbocycles. The summed E-state index contributed by atoms with van der Waals surface area (Å²) in [6.45, 7) is 5.09. The quantitative estimate of drug-likeness (QED) is 0.811. The fraction of sp³-hybridized carbons (Fsp3) is 0.467. The van der Waals surface area contributed by atoms with E-state index in [9.17, 15) is 9.59 Å². The van der Waals surface area contributed by atoms with Crippen molar-refractivity contribution in [3.05, 3.63) is 29.3 Å². The van der Waals surface area contributed by atoms with Crippen molar-refractivity contribution in [2.45, 2.75) is 32.8 Å². The molecule has 0 aliphatic heterocycles. The van der Waals surface area contributed by atoms with E-state index in [-0.39, 0.29) is 12.5 Å². The highest BCUT2D eigenvalue weighted by Gasteiger charge is 2.30. The molecule has 0 radical (unpaired) electrons. The minimum Gasteiger partial charge on any atom is -0.481 e. The zero-order valence-corrected chi connectivity index (χ0v) is 13.1. The number of nitrogens with one attached hydrogen (secondary N) is 1. The molecule has 6 heteroatoms. The molecule has 0 aromatic heterocycles. The number of amides is 1. The molecule has 21 heavy (non-hydrogen) atoms. The van der Waals surface area contributed by atoms with Crippen molar-refractivity contribution in [2.24, 2.45) is 5.92 Å². The molecule has 0 fully saturated rings.